The minimum Gasteiger partial charge on any atom is -0.494 e. The van der Waals surface area contributed by atoms with E-state index in [-0.39, 0.29) is 6.04 Å². The Bertz CT molecular complexity index is 384. The molecule has 0 bridgehead atoms. The van der Waals surface area contributed by atoms with Gasteiger partial charge in [-0.1, -0.05) is 6.07 Å². The van der Waals surface area contributed by atoms with Crippen molar-refractivity contribution in [3.05, 3.63) is 29.3 Å². The summed E-state index contributed by atoms with van der Waals surface area (Å²) in [6, 6.07) is 6.42. The van der Waals surface area contributed by atoms with E-state index in [1.807, 2.05) is 13.8 Å². The van der Waals surface area contributed by atoms with Crippen LogP contribution in [0, 0.1) is 0 Å². The SMILES string of the molecule is CCOc1ccc(C(C)N)cc1CN1CCCC1. The molecule has 0 spiro atoms. The van der Waals surface area contributed by atoms with Crippen LogP contribution in [-0.4, -0.2) is 24.6 Å². The second-order valence-electron chi connectivity index (χ2n) is 5.07. The summed E-state index contributed by atoms with van der Waals surface area (Å²) in [5, 5.41) is 0. The van der Waals surface area contributed by atoms with Gasteiger partial charge in [-0.2, -0.15) is 0 Å². The summed E-state index contributed by atoms with van der Waals surface area (Å²) in [6.07, 6.45) is 2.63. The third-order valence-electron chi connectivity index (χ3n) is 3.50. The summed E-state index contributed by atoms with van der Waals surface area (Å²) >= 11 is 0. The maximum absolute atomic E-state index is 5.96. The molecule has 1 fully saturated rings. The average Bonchev–Trinajstić information content (AvgIpc) is 2.84. The molecule has 1 aromatic rings. The summed E-state index contributed by atoms with van der Waals surface area (Å²) in [5.74, 6) is 1.01. The number of hydrogen-bond donors (Lipinski definition) is 1. The van der Waals surface area contributed by atoms with E-state index in [0.717, 1.165) is 12.3 Å². The second kappa shape index (κ2) is 6.21. The average molecular weight is 248 g/mol. The molecular weight excluding hydrogens is 224 g/mol. The first kappa shape index (κ1) is 13.4. The van der Waals surface area contributed by atoms with Gasteiger partial charge < -0.3 is 10.5 Å². The van der Waals surface area contributed by atoms with Crippen LogP contribution >= 0.6 is 0 Å². The zero-order valence-corrected chi connectivity index (χ0v) is 11.5. The fourth-order valence-electron chi connectivity index (χ4n) is 2.48. The smallest absolute Gasteiger partial charge is 0.123 e. The van der Waals surface area contributed by atoms with Crippen LogP contribution in [0.1, 0.15) is 43.9 Å². The highest BCUT2D eigenvalue weighted by Crippen LogP contribution is 2.25. The van der Waals surface area contributed by atoms with E-state index < -0.39 is 0 Å². The number of nitrogens with zero attached hydrogens (tertiary/aromatic N) is 1. The lowest BCUT2D eigenvalue weighted by Crippen LogP contribution is -2.19. The van der Waals surface area contributed by atoms with E-state index in [0.29, 0.717) is 6.61 Å². The molecule has 2 N–H and O–H groups in total. The first-order valence-electron chi connectivity index (χ1n) is 6.94. The lowest BCUT2D eigenvalue weighted by molar-refractivity contribution is 0.304. The van der Waals surface area contributed by atoms with Crippen LogP contribution in [0.4, 0.5) is 0 Å². The van der Waals surface area contributed by atoms with E-state index in [1.165, 1.54) is 37.1 Å². The molecule has 0 saturated carbocycles. The van der Waals surface area contributed by atoms with Crippen LogP contribution in [0.2, 0.25) is 0 Å². The van der Waals surface area contributed by atoms with Gasteiger partial charge in [-0.15, -0.1) is 0 Å². The first-order chi connectivity index (χ1) is 8.70. The van der Waals surface area contributed by atoms with Crippen molar-refractivity contribution in [2.75, 3.05) is 19.7 Å². The molecule has 100 valence electrons. The van der Waals surface area contributed by atoms with Gasteiger partial charge >= 0.3 is 0 Å². The predicted octanol–water partition coefficient (Wildman–Crippen LogP) is 2.70. The third kappa shape index (κ3) is 3.24. The van der Waals surface area contributed by atoms with Crippen LogP contribution in [0.25, 0.3) is 0 Å². The summed E-state index contributed by atoms with van der Waals surface area (Å²) in [4.78, 5) is 2.49. The van der Waals surface area contributed by atoms with Gasteiger partial charge in [0.15, 0.2) is 0 Å². The van der Waals surface area contributed by atoms with Crippen LogP contribution < -0.4 is 10.5 Å². The zero-order chi connectivity index (χ0) is 13.0. The van der Waals surface area contributed by atoms with Crippen LogP contribution in [-0.2, 0) is 6.54 Å². The maximum atomic E-state index is 5.96. The largest absolute Gasteiger partial charge is 0.494 e. The predicted molar refractivity (Wildman–Crippen MR) is 74.7 cm³/mol. The van der Waals surface area contributed by atoms with Crippen LogP contribution in [0.3, 0.4) is 0 Å². The number of hydrogen-bond acceptors (Lipinski definition) is 3. The van der Waals surface area contributed by atoms with Crippen molar-refractivity contribution >= 4 is 0 Å². The monoisotopic (exact) mass is 248 g/mol. The molecule has 3 heteroatoms. The van der Waals surface area contributed by atoms with Gasteiger partial charge in [-0.25, -0.2) is 0 Å². The van der Waals surface area contributed by atoms with Gasteiger partial charge in [-0.05, 0) is 57.5 Å². The molecule has 1 aliphatic heterocycles. The van der Waals surface area contributed by atoms with Gasteiger partial charge in [0.2, 0.25) is 0 Å². The molecule has 1 atom stereocenters. The Morgan fingerprint density at radius 2 is 2.06 bits per heavy atom. The topological polar surface area (TPSA) is 38.5 Å². The summed E-state index contributed by atoms with van der Waals surface area (Å²) in [5.41, 5.74) is 8.42. The van der Waals surface area contributed by atoms with Gasteiger partial charge in [0.1, 0.15) is 5.75 Å². The van der Waals surface area contributed by atoms with Crippen molar-refractivity contribution in [1.29, 1.82) is 0 Å². The van der Waals surface area contributed by atoms with E-state index >= 15 is 0 Å². The Labute approximate surface area is 110 Å². The summed E-state index contributed by atoms with van der Waals surface area (Å²) < 4.78 is 5.71. The fourth-order valence-corrected chi connectivity index (χ4v) is 2.48. The van der Waals surface area contributed by atoms with Gasteiger partial charge in [-0.3, -0.25) is 4.90 Å². The Kier molecular flexibility index (Phi) is 4.61. The Morgan fingerprint density at radius 3 is 2.67 bits per heavy atom. The van der Waals surface area contributed by atoms with Crippen LogP contribution in [0.15, 0.2) is 18.2 Å². The minimum absolute atomic E-state index is 0.0815. The molecule has 1 heterocycles. The van der Waals surface area contributed by atoms with Gasteiger partial charge in [0.25, 0.3) is 0 Å². The molecule has 0 radical (unpaired) electrons. The molecule has 18 heavy (non-hydrogen) atoms. The summed E-state index contributed by atoms with van der Waals surface area (Å²) in [7, 11) is 0. The molecule has 1 aromatic carbocycles. The number of nitrogens with two attached hydrogens (primary N) is 1. The molecule has 1 saturated heterocycles. The van der Waals surface area contributed by atoms with Crippen molar-refractivity contribution < 1.29 is 4.74 Å². The standard InChI is InChI=1S/C15H24N2O/c1-3-18-15-7-6-13(12(2)16)10-14(15)11-17-8-4-5-9-17/h6-7,10,12H,3-5,8-9,11,16H2,1-2H3. The highest BCUT2D eigenvalue weighted by Gasteiger charge is 2.15. The highest BCUT2D eigenvalue weighted by molar-refractivity contribution is 5.38. The van der Waals surface area contributed by atoms with E-state index in [9.17, 15) is 0 Å². The van der Waals surface area contributed by atoms with Gasteiger partial charge in [0.05, 0.1) is 6.61 Å². The lowest BCUT2D eigenvalue weighted by atomic mass is 10.0. The maximum Gasteiger partial charge on any atom is 0.123 e. The fraction of sp³-hybridized carbons (Fsp3) is 0.600. The quantitative estimate of drug-likeness (QED) is 0.870. The normalized spacial score (nSPS) is 17.9. The number of ether oxygens (including phenoxy) is 1. The van der Waals surface area contributed by atoms with Crippen molar-refractivity contribution in [2.24, 2.45) is 5.73 Å². The Morgan fingerprint density at radius 1 is 1.33 bits per heavy atom. The van der Waals surface area contributed by atoms with E-state index in [2.05, 4.69) is 23.1 Å². The number of likely N-dealkylation sites (tertiary alicyclic amines) is 1. The van der Waals surface area contributed by atoms with Crippen molar-refractivity contribution in [3.8, 4) is 5.75 Å². The molecule has 0 aromatic heterocycles. The third-order valence-corrected chi connectivity index (χ3v) is 3.50. The van der Waals surface area contributed by atoms with Crippen molar-refractivity contribution in [2.45, 2.75) is 39.3 Å². The molecule has 1 aliphatic rings. The summed E-state index contributed by atoms with van der Waals surface area (Å²) in [6.45, 7) is 8.15. The molecule has 0 aliphatic carbocycles. The highest BCUT2D eigenvalue weighted by atomic mass is 16.5. The number of benzene rings is 1. The van der Waals surface area contributed by atoms with Crippen molar-refractivity contribution in [1.82, 2.24) is 4.90 Å². The minimum atomic E-state index is 0.0815. The van der Waals surface area contributed by atoms with E-state index in [4.69, 9.17) is 10.5 Å². The molecule has 0 amide bonds. The lowest BCUT2D eigenvalue weighted by Gasteiger charge is -2.19. The van der Waals surface area contributed by atoms with Gasteiger partial charge in [0, 0.05) is 18.2 Å². The molecular formula is C15H24N2O. The first-order valence-corrected chi connectivity index (χ1v) is 6.94. The van der Waals surface area contributed by atoms with Crippen molar-refractivity contribution in [3.63, 3.8) is 0 Å². The zero-order valence-electron chi connectivity index (χ0n) is 11.5. The Hall–Kier alpha value is -1.06. The number of rotatable bonds is 5. The van der Waals surface area contributed by atoms with E-state index in [1.54, 1.807) is 0 Å². The Balaban J connectivity index is 2.18. The molecule has 3 nitrogen and oxygen atoms in total. The molecule has 2 rings (SSSR count). The molecule has 1 unspecified atom stereocenters. The van der Waals surface area contributed by atoms with Crippen LogP contribution in [0.5, 0.6) is 5.75 Å². The second-order valence-corrected chi connectivity index (χ2v) is 5.07.